The SMILES string of the molecule is CCC1OCCC1CNC1CCC(NC(=O)OC(C)(C)C)CC1. The highest BCUT2D eigenvalue weighted by atomic mass is 16.6. The van der Waals surface area contributed by atoms with Crippen molar-refractivity contribution in [2.45, 2.75) is 90.0 Å². The van der Waals surface area contributed by atoms with E-state index in [4.69, 9.17) is 9.47 Å². The van der Waals surface area contributed by atoms with Gasteiger partial charge in [0.25, 0.3) is 0 Å². The number of nitrogens with one attached hydrogen (secondary N) is 2. The number of amides is 1. The molecule has 1 amide bonds. The second-order valence-corrected chi connectivity index (χ2v) is 7.97. The van der Waals surface area contributed by atoms with Crippen LogP contribution in [0.15, 0.2) is 0 Å². The van der Waals surface area contributed by atoms with Gasteiger partial charge in [-0.05, 0) is 65.2 Å². The number of rotatable bonds is 5. The van der Waals surface area contributed by atoms with Crippen molar-refractivity contribution >= 4 is 6.09 Å². The van der Waals surface area contributed by atoms with E-state index in [1.807, 2.05) is 20.8 Å². The minimum Gasteiger partial charge on any atom is -0.444 e. The fourth-order valence-electron chi connectivity index (χ4n) is 3.61. The van der Waals surface area contributed by atoms with E-state index in [1.165, 1.54) is 6.42 Å². The van der Waals surface area contributed by atoms with Crippen LogP contribution < -0.4 is 10.6 Å². The standard InChI is InChI=1S/C18H34N2O3/c1-5-16-13(10-11-22-16)12-19-14-6-8-15(9-7-14)20-17(21)23-18(2,3)4/h13-16,19H,5-12H2,1-4H3,(H,20,21). The third kappa shape index (κ3) is 6.30. The molecule has 0 spiro atoms. The number of alkyl carbamates (subject to hydrolysis) is 1. The van der Waals surface area contributed by atoms with Gasteiger partial charge in [0, 0.05) is 25.2 Å². The van der Waals surface area contributed by atoms with Crippen LogP contribution in [0.25, 0.3) is 0 Å². The van der Waals surface area contributed by atoms with Crippen LogP contribution >= 0.6 is 0 Å². The van der Waals surface area contributed by atoms with Gasteiger partial charge in [-0.1, -0.05) is 6.92 Å². The van der Waals surface area contributed by atoms with Crippen molar-refractivity contribution in [1.82, 2.24) is 10.6 Å². The Morgan fingerprint density at radius 3 is 2.39 bits per heavy atom. The number of hydrogen-bond donors (Lipinski definition) is 2. The minimum atomic E-state index is -0.429. The van der Waals surface area contributed by atoms with Gasteiger partial charge in [-0.15, -0.1) is 0 Å². The molecule has 0 aromatic rings. The van der Waals surface area contributed by atoms with Crippen LogP contribution in [0.2, 0.25) is 0 Å². The Labute approximate surface area is 140 Å². The molecule has 2 N–H and O–H groups in total. The molecule has 1 heterocycles. The second-order valence-electron chi connectivity index (χ2n) is 7.97. The molecule has 2 atom stereocenters. The normalized spacial score (nSPS) is 31.8. The highest BCUT2D eigenvalue weighted by Gasteiger charge is 2.29. The predicted octanol–water partition coefficient (Wildman–Crippen LogP) is 3.23. The molecule has 1 aliphatic heterocycles. The molecule has 0 aromatic carbocycles. The van der Waals surface area contributed by atoms with Gasteiger partial charge < -0.3 is 20.1 Å². The van der Waals surface area contributed by atoms with Crippen LogP contribution in [0, 0.1) is 5.92 Å². The lowest BCUT2D eigenvalue weighted by atomic mass is 9.90. The van der Waals surface area contributed by atoms with Crippen molar-refractivity contribution in [1.29, 1.82) is 0 Å². The first-order valence-electron chi connectivity index (χ1n) is 9.22. The lowest BCUT2D eigenvalue weighted by molar-refractivity contribution is 0.0488. The van der Waals surface area contributed by atoms with E-state index in [2.05, 4.69) is 17.6 Å². The van der Waals surface area contributed by atoms with Gasteiger partial charge in [0.2, 0.25) is 0 Å². The van der Waals surface area contributed by atoms with Crippen LogP contribution in [0.5, 0.6) is 0 Å². The Morgan fingerprint density at radius 1 is 1.13 bits per heavy atom. The van der Waals surface area contributed by atoms with E-state index in [0.29, 0.717) is 18.1 Å². The van der Waals surface area contributed by atoms with E-state index < -0.39 is 5.60 Å². The van der Waals surface area contributed by atoms with Crippen LogP contribution in [-0.4, -0.2) is 43.0 Å². The zero-order valence-corrected chi connectivity index (χ0v) is 15.2. The Morgan fingerprint density at radius 2 is 1.78 bits per heavy atom. The lowest BCUT2D eigenvalue weighted by Gasteiger charge is -2.31. The monoisotopic (exact) mass is 326 g/mol. The first-order chi connectivity index (χ1) is 10.9. The van der Waals surface area contributed by atoms with Crippen LogP contribution in [0.4, 0.5) is 4.79 Å². The second kappa shape index (κ2) is 8.34. The zero-order chi connectivity index (χ0) is 16.9. The molecule has 0 aromatic heterocycles. The Kier molecular flexibility index (Phi) is 6.72. The molecule has 1 saturated heterocycles. The van der Waals surface area contributed by atoms with Gasteiger partial charge in [0.15, 0.2) is 0 Å². The molecule has 0 radical (unpaired) electrons. The van der Waals surface area contributed by atoms with Gasteiger partial charge in [-0.2, -0.15) is 0 Å². The minimum absolute atomic E-state index is 0.251. The highest BCUT2D eigenvalue weighted by molar-refractivity contribution is 5.68. The maximum Gasteiger partial charge on any atom is 0.407 e. The summed E-state index contributed by atoms with van der Waals surface area (Å²) in [4.78, 5) is 11.8. The molecular weight excluding hydrogens is 292 g/mol. The first kappa shape index (κ1) is 18.5. The van der Waals surface area contributed by atoms with Crippen molar-refractivity contribution in [2.75, 3.05) is 13.2 Å². The van der Waals surface area contributed by atoms with E-state index in [9.17, 15) is 4.79 Å². The molecule has 1 saturated carbocycles. The number of ether oxygens (including phenoxy) is 2. The average Bonchev–Trinajstić information content (AvgIpc) is 2.92. The summed E-state index contributed by atoms with van der Waals surface area (Å²) in [6, 6.07) is 0.825. The number of hydrogen-bond acceptors (Lipinski definition) is 4. The third-order valence-electron chi connectivity index (χ3n) is 4.87. The summed E-state index contributed by atoms with van der Waals surface area (Å²) in [5, 5.41) is 6.72. The summed E-state index contributed by atoms with van der Waals surface area (Å²) >= 11 is 0. The first-order valence-corrected chi connectivity index (χ1v) is 9.22. The Bertz CT molecular complexity index is 373. The van der Waals surface area contributed by atoms with E-state index in [-0.39, 0.29) is 12.1 Å². The smallest absolute Gasteiger partial charge is 0.407 e. The van der Waals surface area contributed by atoms with Gasteiger partial charge in [-0.3, -0.25) is 0 Å². The summed E-state index contributed by atoms with van der Waals surface area (Å²) in [6.45, 7) is 9.86. The largest absolute Gasteiger partial charge is 0.444 e. The molecule has 2 fully saturated rings. The fraction of sp³-hybridized carbons (Fsp3) is 0.944. The molecule has 2 unspecified atom stereocenters. The molecule has 5 heteroatoms. The molecule has 23 heavy (non-hydrogen) atoms. The van der Waals surface area contributed by atoms with E-state index in [0.717, 1.165) is 45.3 Å². The topological polar surface area (TPSA) is 59.6 Å². The van der Waals surface area contributed by atoms with Crippen molar-refractivity contribution in [3.8, 4) is 0 Å². The molecule has 1 aliphatic carbocycles. The van der Waals surface area contributed by atoms with Crippen molar-refractivity contribution in [2.24, 2.45) is 5.92 Å². The van der Waals surface area contributed by atoms with Crippen molar-refractivity contribution in [3.63, 3.8) is 0 Å². The summed E-state index contributed by atoms with van der Waals surface area (Å²) < 4.78 is 11.1. The quantitative estimate of drug-likeness (QED) is 0.814. The van der Waals surface area contributed by atoms with Gasteiger partial charge >= 0.3 is 6.09 Å². The maximum absolute atomic E-state index is 11.8. The van der Waals surface area contributed by atoms with Gasteiger partial charge in [0.1, 0.15) is 5.60 Å². The highest BCUT2D eigenvalue weighted by Crippen LogP contribution is 2.24. The zero-order valence-electron chi connectivity index (χ0n) is 15.2. The van der Waals surface area contributed by atoms with E-state index in [1.54, 1.807) is 0 Å². The molecule has 134 valence electrons. The van der Waals surface area contributed by atoms with Crippen molar-refractivity contribution in [3.05, 3.63) is 0 Å². The fourth-order valence-corrected chi connectivity index (χ4v) is 3.61. The Hall–Kier alpha value is -0.810. The summed E-state index contributed by atoms with van der Waals surface area (Å²) in [7, 11) is 0. The van der Waals surface area contributed by atoms with Gasteiger partial charge in [-0.25, -0.2) is 4.79 Å². The van der Waals surface area contributed by atoms with Gasteiger partial charge in [0.05, 0.1) is 6.10 Å². The number of carbonyl (C=O) groups is 1. The molecule has 2 aliphatic rings. The van der Waals surface area contributed by atoms with Crippen LogP contribution in [0.3, 0.4) is 0 Å². The average molecular weight is 326 g/mol. The van der Waals surface area contributed by atoms with E-state index >= 15 is 0 Å². The van der Waals surface area contributed by atoms with Crippen molar-refractivity contribution < 1.29 is 14.3 Å². The molecule has 2 rings (SSSR count). The molecular formula is C18H34N2O3. The summed E-state index contributed by atoms with van der Waals surface area (Å²) in [5.74, 6) is 0.664. The van der Waals surface area contributed by atoms with Crippen LogP contribution in [0.1, 0.15) is 66.2 Å². The maximum atomic E-state index is 11.8. The molecule has 0 bridgehead atoms. The number of carbonyl (C=O) groups excluding carboxylic acids is 1. The summed E-state index contributed by atoms with van der Waals surface area (Å²) in [6.07, 6.45) is 6.72. The Balaban J connectivity index is 1.63. The summed E-state index contributed by atoms with van der Waals surface area (Å²) in [5.41, 5.74) is -0.429. The predicted molar refractivity (Wildman–Crippen MR) is 91.6 cm³/mol. The van der Waals surface area contributed by atoms with Crippen LogP contribution in [-0.2, 0) is 9.47 Å². The lowest BCUT2D eigenvalue weighted by Crippen LogP contribution is -2.45. The third-order valence-corrected chi connectivity index (χ3v) is 4.87. The molecule has 5 nitrogen and oxygen atoms in total.